The maximum absolute atomic E-state index is 3.48. The zero-order chi connectivity index (χ0) is 9.26. The van der Waals surface area contributed by atoms with Crippen LogP contribution in [0.5, 0.6) is 0 Å². The van der Waals surface area contributed by atoms with Crippen molar-refractivity contribution < 1.29 is 0 Å². The molecule has 0 aromatic rings. The highest BCUT2D eigenvalue weighted by Crippen LogP contribution is 2.36. The molecule has 0 aromatic carbocycles. The van der Waals surface area contributed by atoms with Crippen LogP contribution in [-0.4, -0.2) is 38.1 Å². The average Bonchev–Trinajstić information content (AvgIpc) is 2.46. The van der Waals surface area contributed by atoms with Gasteiger partial charge in [-0.3, -0.25) is 0 Å². The lowest BCUT2D eigenvalue weighted by molar-refractivity contribution is 0.0961. The van der Waals surface area contributed by atoms with Crippen LogP contribution in [0, 0.1) is 11.8 Å². The van der Waals surface area contributed by atoms with Crippen molar-refractivity contribution in [3.05, 3.63) is 0 Å². The third-order valence-corrected chi connectivity index (χ3v) is 3.81. The Morgan fingerprint density at radius 1 is 1.15 bits per heavy atom. The van der Waals surface area contributed by atoms with Gasteiger partial charge in [-0.25, -0.2) is 0 Å². The second-order valence-electron chi connectivity index (χ2n) is 4.90. The van der Waals surface area contributed by atoms with Crippen molar-refractivity contribution in [1.82, 2.24) is 10.2 Å². The van der Waals surface area contributed by atoms with E-state index in [0.29, 0.717) is 0 Å². The lowest BCUT2D eigenvalue weighted by Gasteiger charge is -2.41. The molecule has 13 heavy (non-hydrogen) atoms. The monoisotopic (exact) mass is 182 g/mol. The van der Waals surface area contributed by atoms with E-state index in [-0.39, 0.29) is 0 Å². The van der Waals surface area contributed by atoms with Gasteiger partial charge in [-0.1, -0.05) is 6.42 Å². The summed E-state index contributed by atoms with van der Waals surface area (Å²) in [4.78, 5) is 2.46. The fourth-order valence-electron chi connectivity index (χ4n) is 2.98. The Hall–Kier alpha value is -0.0800. The second kappa shape index (κ2) is 3.97. The summed E-state index contributed by atoms with van der Waals surface area (Å²) in [5.41, 5.74) is 0. The minimum Gasteiger partial charge on any atom is -0.316 e. The van der Waals surface area contributed by atoms with Crippen LogP contribution in [0.15, 0.2) is 0 Å². The number of rotatable bonds is 3. The van der Waals surface area contributed by atoms with Crippen LogP contribution in [-0.2, 0) is 0 Å². The molecule has 1 aliphatic carbocycles. The number of hydrogen-bond acceptors (Lipinski definition) is 2. The van der Waals surface area contributed by atoms with E-state index in [9.17, 15) is 0 Å². The molecule has 76 valence electrons. The molecule has 2 atom stereocenters. The average molecular weight is 182 g/mol. The van der Waals surface area contributed by atoms with E-state index < -0.39 is 0 Å². The standard InChI is InChI=1S/C11H22N2/c1-13(2)11(9-4-3-5-9)10-6-7-12-8-10/h9-12H,3-8H2,1-2H3. The van der Waals surface area contributed by atoms with Crippen LogP contribution in [0.2, 0.25) is 0 Å². The van der Waals surface area contributed by atoms with Gasteiger partial charge < -0.3 is 10.2 Å². The Labute approximate surface area is 81.7 Å². The first-order valence-corrected chi connectivity index (χ1v) is 5.66. The highest BCUT2D eigenvalue weighted by atomic mass is 15.1. The van der Waals surface area contributed by atoms with Gasteiger partial charge in [-0.05, 0) is 58.3 Å². The summed E-state index contributed by atoms with van der Waals surface area (Å²) in [5.74, 6) is 1.92. The first-order valence-electron chi connectivity index (χ1n) is 5.66. The first-order chi connectivity index (χ1) is 6.29. The molecule has 1 heterocycles. The lowest BCUT2D eigenvalue weighted by Crippen LogP contribution is -2.44. The highest BCUT2D eigenvalue weighted by Gasteiger charge is 2.35. The predicted molar refractivity (Wildman–Crippen MR) is 55.8 cm³/mol. The van der Waals surface area contributed by atoms with E-state index in [2.05, 4.69) is 24.3 Å². The summed E-state index contributed by atoms with van der Waals surface area (Å²) in [7, 11) is 4.50. The van der Waals surface area contributed by atoms with E-state index >= 15 is 0 Å². The summed E-state index contributed by atoms with van der Waals surface area (Å²) in [6.07, 6.45) is 5.80. The van der Waals surface area contributed by atoms with Crippen LogP contribution >= 0.6 is 0 Å². The minimum atomic E-state index is 0.851. The molecule has 2 rings (SSSR count). The molecule has 0 radical (unpaired) electrons. The van der Waals surface area contributed by atoms with E-state index in [0.717, 1.165) is 17.9 Å². The molecule has 2 unspecified atom stereocenters. The van der Waals surface area contributed by atoms with Gasteiger partial charge >= 0.3 is 0 Å². The molecule has 0 aromatic heterocycles. The smallest absolute Gasteiger partial charge is 0.0158 e. The summed E-state index contributed by atoms with van der Waals surface area (Å²) in [5, 5.41) is 3.48. The highest BCUT2D eigenvalue weighted by molar-refractivity contribution is 4.90. The van der Waals surface area contributed by atoms with Crippen LogP contribution in [0.3, 0.4) is 0 Å². The fraction of sp³-hybridized carbons (Fsp3) is 1.00. The van der Waals surface area contributed by atoms with Crippen LogP contribution < -0.4 is 5.32 Å². The van der Waals surface area contributed by atoms with Gasteiger partial charge in [0.25, 0.3) is 0 Å². The molecule has 0 amide bonds. The van der Waals surface area contributed by atoms with Gasteiger partial charge in [0.1, 0.15) is 0 Å². The SMILES string of the molecule is CN(C)C(C1CCC1)C1CCNC1. The molecule has 1 saturated heterocycles. The van der Waals surface area contributed by atoms with Crippen molar-refractivity contribution in [2.75, 3.05) is 27.2 Å². The third-order valence-electron chi connectivity index (χ3n) is 3.81. The normalized spacial score (nSPS) is 32.1. The van der Waals surface area contributed by atoms with E-state index in [1.165, 1.54) is 38.8 Å². The Kier molecular flexibility index (Phi) is 2.89. The van der Waals surface area contributed by atoms with Gasteiger partial charge in [-0.15, -0.1) is 0 Å². The molecule has 0 spiro atoms. The van der Waals surface area contributed by atoms with E-state index in [1.807, 2.05) is 0 Å². The summed E-state index contributed by atoms with van der Waals surface area (Å²) >= 11 is 0. The Morgan fingerprint density at radius 3 is 2.31 bits per heavy atom. The quantitative estimate of drug-likeness (QED) is 0.708. The fourth-order valence-corrected chi connectivity index (χ4v) is 2.98. The van der Waals surface area contributed by atoms with Gasteiger partial charge in [0.15, 0.2) is 0 Å². The number of nitrogens with zero attached hydrogens (tertiary/aromatic N) is 1. The van der Waals surface area contributed by atoms with Crippen molar-refractivity contribution in [3.63, 3.8) is 0 Å². The Bertz CT molecular complexity index is 157. The molecule has 2 fully saturated rings. The second-order valence-corrected chi connectivity index (χ2v) is 4.90. The van der Waals surface area contributed by atoms with Crippen molar-refractivity contribution in [1.29, 1.82) is 0 Å². The third kappa shape index (κ3) is 1.89. The van der Waals surface area contributed by atoms with Gasteiger partial charge in [0.2, 0.25) is 0 Å². The van der Waals surface area contributed by atoms with Gasteiger partial charge in [0.05, 0.1) is 0 Å². The molecule has 2 aliphatic rings. The first kappa shape index (κ1) is 9.47. The number of nitrogens with one attached hydrogen (secondary N) is 1. The van der Waals surface area contributed by atoms with E-state index in [4.69, 9.17) is 0 Å². The molecule has 1 saturated carbocycles. The zero-order valence-corrected chi connectivity index (χ0v) is 8.92. The number of hydrogen-bond donors (Lipinski definition) is 1. The van der Waals surface area contributed by atoms with Crippen molar-refractivity contribution in [3.8, 4) is 0 Å². The van der Waals surface area contributed by atoms with Crippen molar-refractivity contribution in [2.24, 2.45) is 11.8 Å². The molecule has 2 heteroatoms. The van der Waals surface area contributed by atoms with Crippen molar-refractivity contribution >= 4 is 0 Å². The van der Waals surface area contributed by atoms with Crippen LogP contribution in [0.1, 0.15) is 25.7 Å². The molecular weight excluding hydrogens is 160 g/mol. The molecule has 0 bridgehead atoms. The maximum atomic E-state index is 3.48. The van der Waals surface area contributed by atoms with Gasteiger partial charge in [0, 0.05) is 6.04 Å². The molecule has 1 N–H and O–H groups in total. The van der Waals surface area contributed by atoms with Gasteiger partial charge in [-0.2, -0.15) is 0 Å². The summed E-state index contributed by atoms with van der Waals surface area (Å²) in [6, 6.07) is 0.851. The molecular formula is C11H22N2. The largest absolute Gasteiger partial charge is 0.316 e. The van der Waals surface area contributed by atoms with Crippen molar-refractivity contribution in [2.45, 2.75) is 31.7 Å². The minimum absolute atomic E-state index is 0.851. The topological polar surface area (TPSA) is 15.3 Å². The Balaban J connectivity index is 1.94. The summed E-state index contributed by atoms with van der Waals surface area (Å²) in [6.45, 7) is 2.49. The van der Waals surface area contributed by atoms with Crippen LogP contribution in [0.25, 0.3) is 0 Å². The predicted octanol–water partition coefficient (Wildman–Crippen LogP) is 1.33. The maximum Gasteiger partial charge on any atom is 0.0158 e. The lowest BCUT2D eigenvalue weighted by atomic mass is 9.74. The van der Waals surface area contributed by atoms with Crippen LogP contribution in [0.4, 0.5) is 0 Å². The summed E-state index contributed by atoms with van der Waals surface area (Å²) < 4.78 is 0. The molecule has 2 nitrogen and oxygen atoms in total. The van der Waals surface area contributed by atoms with E-state index in [1.54, 1.807) is 0 Å². The molecule has 1 aliphatic heterocycles. The zero-order valence-electron chi connectivity index (χ0n) is 8.92. The Morgan fingerprint density at radius 2 is 1.92 bits per heavy atom.